The molecule has 0 spiro atoms. The van der Waals surface area contributed by atoms with Crippen LogP contribution in [0.15, 0.2) is 48.0 Å². The van der Waals surface area contributed by atoms with Gasteiger partial charge in [0.2, 0.25) is 5.91 Å². The molecule has 0 aromatic heterocycles. The van der Waals surface area contributed by atoms with E-state index in [0.717, 1.165) is 0 Å². The summed E-state index contributed by atoms with van der Waals surface area (Å²) < 4.78 is 0. The minimum atomic E-state index is -1.48. The third-order valence-corrected chi connectivity index (χ3v) is 2.89. The first-order valence-electron chi connectivity index (χ1n) is 5.39. The third-order valence-electron chi connectivity index (χ3n) is 2.89. The molecule has 5 nitrogen and oxygen atoms in total. The maximum absolute atomic E-state index is 12.1. The van der Waals surface area contributed by atoms with Gasteiger partial charge in [-0.05, 0) is 12.0 Å². The number of benzene rings is 1. The summed E-state index contributed by atoms with van der Waals surface area (Å²) in [4.78, 5) is 27.4. The molecule has 1 unspecified atom stereocenters. The Morgan fingerprint density at radius 3 is 2.47 bits per heavy atom. The molecule has 6 heteroatoms. The standard InChI is InChI=1S/C13H12N2O3.Na/c1-2-8-13(9-6-4-3-5-7-9)10(16)14-12(18)15-11(13)17;/h2-7H,1,8H2,(H2,14,15,16,17,18);/q;+1/p-1. The zero-order chi connectivity index (χ0) is 13.2. The van der Waals surface area contributed by atoms with Gasteiger partial charge >= 0.3 is 29.6 Å². The average Bonchev–Trinajstić information content (AvgIpc) is 2.35. The first kappa shape index (κ1) is 15.6. The van der Waals surface area contributed by atoms with E-state index in [1.54, 1.807) is 30.3 Å². The van der Waals surface area contributed by atoms with Crippen molar-refractivity contribution in [3.8, 4) is 0 Å². The monoisotopic (exact) mass is 266 g/mol. The molecule has 0 radical (unpaired) electrons. The second kappa shape index (κ2) is 6.14. The van der Waals surface area contributed by atoms with E-state index in [0.29, 0.717) is 5.56 Å². The van der Waals surface area contributed by atoms with Crippen molar-refractivity contribution in [1.29, 1.82) is 0 Å². The van der Waals surface area contributed by atoms with Crippen LogP contribution in [-0.4, -0.2) is 17.8 Å². The summed E-state index contributed by atoms with van der Waals surface area (Å²) >= 11 is 0. The molecule has 1 aromatic carbocycles. The van der Waals surface area contributed by atoms with E-state index in [9.17, 15) is 14.7 Å². The molecular weight excluding hydrogens is 255 g/mol. The van der Waals surface area contributed by atoms with E-state index < -0.39 is 23.3 Å². The van der Waals surface area contributed by atoms with Gasteiger partial charge in [-0.3, -0.25) is 9.59 Å². The number of hydrogen-bond acceptors (Lipinski definition) is 3. The van der Waals surface area contributed by atoms with Gasteiger partial charge in [0, 0.05) is 0 Å². The van der Waals surface area contributed by atoms with Crippen LogP contribution in [0.3, 0.4) is 0 Å². The van der Waals surface area contributed by atoms with E-state index in [1.807, 2.05) is 0 Å². The predicted molar refractivity (Wildman–Crippen MR) is 63.5 cm³/mol. The van der Waals surface area contributed by atoms with Crippen molar-refractivity contribution in [2.24, 2.45) is 4.99 Å². The Hall–Kier alpha value is -1.43. The number of aliphatic imine (C=N–C) groups is 1. The van der Waals surface area contributed by atoms with Crippen LogP contribution in [0, 0.1) is 0 Å². The molecule has 2 rings (SSSR count). The zero-order valence-corrected chi connectivity index (χ0v) is 12.6. The average molecular weight is 266 g/mol. The molecule has 2 amide bonds. The number of hydrogen-bond donors (Lipinski definition) is 1. The summed E-state index contributed by atoms with van der Waals surface area (Å²) in [6.07, 6.45) is 1.56. The Labute approximate surface area is 132 Å². The topological polar surface area (TPSA) is 81.6 Å². The minimum Gasteiger partial charge on any atom is -0.846 e. The van der Waals surface area contributed by atoms with Gasteiger partial charge in [0.1, 0.15) is 0 Å². The van der Waals surface area contributed by atoms with Crippen LogP contribution in [-0.2, 0) is 15.0 Å². The fourth-order valence-electron chi connectivity index (χ4n) is 2.01. The third kappa shape index (κ3) is 2.63. The van der Waals surface area contributed by atoms with Gasteiger partial charge in [-0.15, -0.1) is 6.58 Å². The van der Waals surface area contributed by atoms with Gasteiger partial charge in [0.05, 0.1) is 6.02 Å². The molecule has 0 saturated carbocycles. The van der Waals surface area contributed by atoms with Crippen LogP contribution in [0.25, 0.3) is 0 Å². The minimum absolute atomic E-state index is 0. The smallest absolute Gasteiger partial charge is 0.846 e. The van der Waals surface area contributed by atoms with Crippen molar-refractivity contribution in [2.75, 3.05) is 0 Å². The van der Waals surface area contributed by atoms with Crippen LogP contribution in [0.1, 0.15) is 12.0 Å². The van der Waals surface area contributed by atoms with Crippen LogP contribution >= 0.6 is 0 Å². The molecule has 92 valence electrons. The summed E-state index contributed by atoms with van der Waals surface area (Å²) in [5.74, 6) is -1.40. The quantitative estimate of drug-likeness (QED) is 0.357. The number of amides is 2. The number of amidine groups is 1. The number of nitrogens with one attached hydrogen (secondary N) is 1. The Kier molecular flexibility index (Phi) is 5.05. The van der Waals surface area contributed by atoms with Crippen molar-refractivity contribution in [1.82, 2.24) is 5.32 Å². The first-order valence-corrected chi connectivity index (χ1v) is 5.39. The first-order chi connectivity index (χ1) is 8.61. The van der Waals surface area contributed by atoms with E-state index in [2.05, 4.69) is 16.9 Å². The van der Waals surface area contributed by atoms with Crippen LogP contribution < -0.4 is 40.0 Å². The van der Waals surface area contributed by atoms with Crippen molar-refractivity contribution < 1.29 is 44.3 Å². The van der Waals surface area contributed by atoms with Gasteiger partial charge in [0.25, 0.3) is 5.91 Å². The van der Waals surface area contributed by atoms with Gasteiger partial charge in [-0.25, -0.2) is 4.99 Å². The molecule has 0 fully saturated rings. The number of carbonyl (C=O) groups is 2. The summed E-state index contributed by atoms with van der Waals surface area (Å²) in [5.41, 5.74) is -0.972. The van der Waals surface area contributed by atoms with Crippen molar-refractivity contribution in [3.05, 3.63) is 48.6 Å². The van der Waals surface area contributed by atoms with Crippen LogP contribution in [0.4, 0.5) is 0 Å². The maximum Gasteiger partial charge on any atom is 1.00 e. The van der Waals surface area contributed by atoms with Crippen molar-refractivity contribution in [3.63, 3.8) is 0 Å². The summed E-state index contributed by atoms with van der Waals surface area (Å²) in [6.45, 7) is 3.55. The Bertz CT molecular complexity index is 542. The van der Waals surface area contributed by atoms with Gasteiger partial charge in [0.15, 0.2) is 5.41 Å². The molecular formula is C13H11N2NaO3. The number of nitrogens with zero attached hydrogens (tertiary/aromatic N) is 1. The molecule has 1 heterocycles. The van der Waals surface area contributed by atoms with E-state index in [1.165, 1.54) is 6.08 Å². The normalized spacial score (nSPS) is 22.0. The largest absolute Gasteiger partial charge is 1.00 e. The van der Waals surface area contributed by atoms with E-state index in [-0.39, 0.29) is 36.0 Å². The van der Waals surface area contributed by atoms with Gasteiger partial charge < -0.3 is 10.4 Å². The van der Waals surface area contributed by atoms with E-state index in [4.69, 9.17) is 0 Å². The second-order valence-corrected chi connectivity index (χ2v) is 3.94. The molecule has 19 heavy (non-hydrogen) atoms. The Morgan fingerprint density at radius 1 is 1.32 bits per heavy atom. The fraction of sp³-hybridized carbons (Fsp3) is 0.154. The number of rotatable bonds is 3. The fourth-order valence-corrected chi connectivity index (χ4v) is 2.01. The molecule has 1 aliphatic rings. The molecule has 1 aromatic rings. The summed E-state index contributed by atoms with van der Waals surface area (Å²) in [5, 5.41) is 13.1. The van der Waals surface area contributed by atoms with Crippen LogP contribution in [0.2, 0.25) is 0 Å². The molecule has 0 bridgehead atoms. The molecule has 1 N–H and O–H groups in total. The molecule has 0 aliphatic carbocycles. The SMILES string of the molecule is C=CCC1(c2ccccc2)C(=O)N=C([O-])NC1=O.[Na+]. The molecule has 1 aliphatic heterocycles. The molecule has 0 saturated heterocycles. The molecule has 1 atom stereocenters. The Balaban J connectivity index is 0.00000180. The van der Waals surface area contributed by atoms with Crippen molar-refractivity contribution >= 4 is 17.8 Å². The van der Waals surface area contributed by atoms with Gasteiger partial charge in [-0.1, -0.05) is 36.4 Å². The Morgan fingerprint density at radius 2 is 1.95 bits per heavy atom. The van der Waals surface area contributed by atoms with E-state index >= 15 is 0 Å². The van der Waals surface area contributed by atoms with Crippen molar-refractivity contribution in [2.45, 2.75) is 11.8 Å². The number of carbonyl (C=O) groups excluding carboxylic acids is 2. The predicted octanol–water partition coefficient (Wildman–Crippen LogP) is -3.12. The number of allylic oxidation sites excluding steroid dienone is 1. The second-order valence-electron chi connectivity index (χ2n) is 3.94. The summed E-state index contributed by atoms with van der Waals surface area (Å²) in [7, 11) is 0. The maximum atomic E-state index is 12.1. The summed E-state index contributed by atoms with van der Waals surface area (Å²) in [6, 6.07) is 7.62. The zero-order valence-electron chi connectivity index (χ0n) is 10.6. The van der Waals surface area contributed by atoms with Gasteiger partial charge in [-0.2, -0.15) is 0 Å². The van der Waals surface area contributed by atoms with Crippen LogP contribution in [0.5, 0.6) is 0 Å².